The van der Waals surface area contributed by atoms with Gasteiger partial charge >= 0.3 is 0 Å². The van der Waals surface area contributed by atoms with Gasteiger partial charge in [-0.2, -0.15) is 0 Å². The Labute approximate surface area is 136 Å². The molecule has 1 aliphatic heterocycles. The van der Waals surface area contributed by atoms with Crippen LogP contribution < -0.4 is 4.74 Å². The minimum atomic E-state index is 0.0901. The van der Waals surface area contributed by atoms with E-state index in [0.717, 1.165) is 37.3 Å². The van der Waals surface area contributed by atoms with E-state index in [2.05, 4.69) is 11.0 Å². The topological polar surface area (TPSA) is 42.7 Å². The van der Waals surface area contributed by atoms with Gasteiger partial charge in [0.2, 0.25) is 5.91 Å². The summed E-state index contributed by atoms with van der Waals surface area (Å²) >= 11 is 0. The molecule has 0 N–H and O–H groups in total. The fourth-order valence-corrected chi connectivity index (χ4v) is 3.72. The number of hydrogen-bond donors (Lipinski definition) is 0. The van der Waals surface area contributed by atoms with Gasteiger partial charge in [-0.1, -0.05) is 12.1 Å². The number of furan rings is 1. The van der Waals surface area contributed by atoms with Gasteiger partial charge in [0.05, 0.1) is 19.4 Å². The molecule has 3 atom stereocenters. The predicted octanol–water partition coefficient (Wildman–Crippen LogP) is 3.76. The fourth-order valence-electron chi connectivity index (χ4n) is 3.72. The van der Waals surface area contributed by atoms with E-state index in [-0.39, 0.29) is 23.8 Å². The average molecular weight is 311 g/mol. The number of carbonyl (C=O) groups excluding carboxylic acids is 1. The number of likely N-dealkylation sites (tertiary alicyclic amines) is 1. The Morgan fingerprint density at radius 3 is 3.00 bits per heavy atom. The highest BCUT2D eigenvalue weighted by Crippen LogP contribution is 2.50. The molecule has 0 radical (unpaired) electrons. The molecule has 4 heteroatoms. The van der Waals surface area contributed by atoms with Crippen LogP contribution in [0.5, 0.6) is 5.75 Å². The van der Waals surface area contributed by atoms with Crippen molar-refractivity contribution in [3.63, 3.8) is 0 Å². The van der Waals surface area contributed by atoms with Crippen LogP contribution in [0.2, 0.25) is 0 Å². The van der Waals surface area contributed by atoms with E-state index in [9.17, 15) is 4.79 Å². The molecule has 2 aliphatic rings. The van der Waals surface area contributed by atoms with Gasteiger partial charge in [-0.05, 0) is 49.1 Å². The van der Waals surface area contributed by atoms with Crippen molar-refractivity contribution >= 4 is 5.91 Å². The molecule has 1 saturated carbocycles. The first-order valence-electron chi connectivity index (χ1n) is 8.26. The third-order valence-corrected chi connectivity index (χ3v) is 5.03. The van der Waals surface area contributed by atoms with Crippen molar-refractivity contribution in [2.24, 2.45) is 5.92 Å². The van der Waals surface area contributed by atoms with E-state index in [1.165, 1.54) is 5.56 Å². The second-order valence-electron chi connectivity index (χ2n) is 6.43. The molecule has 2 heterocycles. The van der Waals surface area contributed by atoms with Crippen LogP contribution in [0.4, 0.5) is 0 Å². The summed E-state index contributed by atoms with van der Waals surface area (Å²) in [7, 11) is 1.68. The summed E-state index contributed by atoms with van der Waals surface area (Å²) in [6.07, 6.45) is 4.68. The van der Waals surface area contributed by atoms with E-state index in [4.69, 9.17) is 9.15 Å². The van der Waals surface area contributed by atoms with Crippen molar-refractivity contribution in [2.45, 2.75) is 31.2 Å². The molecule has 0 spiro atoms. The zero-order chi connectivity index (χ0) is 15.8. The average Bonchev–Trinajstić information content (AvgIpc) is 3.02. The third-order valence-electron chi connectivity index (χ3n) is 5.03. The van der Waals surface area contributed by atoms with E-state index in [1.807, 2.05) is 30.3 Å². The summed E-state index contributed by atoms with van der Waals surface area (Å²) in [6, 6.07) is 12.1. The number of nitrogens with zero attached hydrogens (tertiary/aromatic N) is 1. The molecule has 0 bridgehead atoms. The van der Waals surface area contributed by atoms with Crippen LogP contribution in [0, 0.1) is 5.92 Å². The van der Waals surface area contributed by atoms with E-state index in [1.54, 1.807) is 13.4 Å². The normalized spacial score (nSPS) is 26.3. The molecule has 2 aromatic rings. The van der Waals surface area contributed by atoms with Crippen molar-refractivity contribution in [1.82, 2.24) is 4.90 Å². The van der Waals surface area contributed by atoms with E-state index >= 15 is 0 Å². The number of carbonyl (C=O) groups is 1. The Morgan fingerprint density at radius 1 is 1.30 bits per heavy atom. The second kappa shape index (κ2) is 5.76. The Hall–Kier alpha value is -2.23. The lowest BCUT2D eigenvalue weighted by Crippen LogP contribution is -2.32. The van der Waals surface area contributed by atoms with Crippen molar-refractivity contribution in [2.75, 3.05) is 13.7 Å². The maximum atomic E-state index is 12.9. The molecule has 1 saturated heterocycles. The first-order chi connectivity index (χ1) is 11.3. The molecule has 1 aromatic heterocycles. The second-order valence-corrected chi connectivity index (χ2v) is 6.43. The van der Waals surface area contributed by atoms with Gasteiger partial charge < -0.3 is 14.1 Å². The smallest absolute Gasteiger partial charge is 0.226 e. The van der Waals surface area contributed by atoms with Gasteiger partial charge in [-0.3, -0.25) is 4.79 Å². The number of rotatable bonds is 4. The largest absolute Gasteiger partial charge is 0.497 e. The first kappa shape index (κ1) is 14.4. The molecule has 1 aromatic carbocycles. The zero-order valence-electron chi connectivity index (χ0n) is 13.3. The Kier molecular flexibility index (Phi) is 3.60. The summed E-state index contributed by atoms with van der Waals surface area (Å²) in [6.45, 7) is 0.849. The van der Waals surface area contributed by atoms with Crippen LogP contribution >= 0.6 is 0 Å². The number of amides is 1. The molecule has 4 nitrogen and oxygen atoms in total. The predicted molar refractivity (Wildman–Crippen MR) is 86.2 cm³/mol. The highest BCUT2D eigenvalue weighted by molar-refractivity contribution is 5.83. The van der Waals surface area contributed by atoms with Crippen LogP contribution in [0.3, 0.4) is 0 Å². The maximum Gasteiger partial charge on any atom is 0.226 e. The maximum absolute atomic E-state index is 12.9. The number of ether oxygens (including phenoxy) is 1. The van der Waals surface area contributed by atoms with Crippen LogP contribution in [-0.2, 0) is 4.79 Å². The minimum Gasteiger partial charge on any atom is -0.497 e. The number of benzene rings is 1. The lowest BCUT2D eigenvalue weighted by molar-refractivity contribution is -0.133. The third kappa shape index (κ3) is 2.62. The summed E-state index contributed by atoms with van der Waals surface area (Å²) in [4.78, 5) is 15.0. The highest BCUT2D eigenvalue weighted by atomic mass is 16.5. The number of methoxy groups -OCH3 is 1. The van der Waals surface area contributed by atoms with Crippen molar-refractivity contribution in [1.29, 1.82) is 0 Å². The fraction of sp³-hybridized carbons (Fsp3) is 0.421. The Balaban J connectivity index is 1.50. The van der Waals surface area contributed by atoms with Crippen LogP contribution in [-0.4, -0.2) is 24.5 Å². The van der Waals surface area contributed by atoms with Crippen molar-refractivity contribution in [3.05, 3.63) is 54.0 Å². The molecule has 4 rings (SSSR count). The first-order valence-corrected chi connectivity index (χ1v) is 8.26. The molecule has 23 heavy (non-hydrogen) atoms. The minimum absolute atomic E-state index is 0.0901. The van der Waals surface area contributed by atoms with Gasteiger partial charge in [0.1, 0.15) is 11.5 Å². The Bertz CT molecular complexity index is 694. The summed E-state index contributed by atoms with van der Waals surface area (Å²) in [5.74, 6) is 2.43. The van der Waals surface area contributed by atoms with Gasteiger partial charge in [-0.25, -0.2) is 0 Å². The van der Waals surface area contributed by atoms with Crippen molar-refractivity contribution in [3.8, 4) is 5.75 Å². The molecule has 120 valence electrons. The van der Waals surface area contributed by atoms with E-state index < -0.39 is 0 Å². The van der Waals surface area contributed by atoms with Gasteiger partial charge in [0, 0.05) is 18.4 Å². The summed E-state index contributed by atoms with van der Waals surface area (Å²) in [5.41, 5.74) is 1.17. The van der Waals surface area contributed by atoms with Gasteiger partial charge in [0.15, 0.2) is 0 Å². The molecule has 1 amide bonds. The highest BCUT2D eigenvalue weighted by Gasteiger charge is 2.49. The van der Waals surface area contributed by atoms with Crippen LogP contribution in [0.25, 0.3) is 0 Å². The van der Waals surface area contributed by atoms with Gasteiger partial charge in [-0.15, -0.1) is 0 Å². The molecular formula is C19H21NO3. The lowest BCUT2D eigenvalue weighted by atomic mass is 10.0. The summed E-state index contributed by atoms with van der Waals surface area (Å²) < 4.78 is 10.8. The van der Waals surface area contributed by atoms with E-state index in [0.29, 0.717) is 0 Å². The summed E-state index contributed by atoms with van der Waals surface area (Å²) in [5, 5.41) is 0. The van der Waals surface area contributed by atoms with Gasteiger partial charge in [0.25, 0.3) is 0 Å². The zero-order valence-corrected chi connectivity index (χ0v) is 13.3. The monoisotopic (exact) mass is 311 g/mol. The quantitative estimate of drug-likeness (QED) is 0.863. The molecule has 3 unspecified atom stereocenters. The molecular weight excluding hydrogens is 290 g/mol. The molecule has 2 fully saturated rings. The lowest BCUT2D eigenvalue weighted by Gasteiger charge is -2.25. The van der Waals surface area contributed by atoms with Crippen LogP contribution in [0.1, 0.15) is 42.5 Å². The van der Waals surface area contributed by atoms with Crippen molar-refractivity contribution < 1.29 is 13.9 Å². The SMILES string of the molecule is COc1cccc(C2CCCN2C(=O)C2CC2c2ccco2)c1. The molecule has 1 aliphatic carbocycles. The number of hydrogen-bond acceptors (Lipinski definition) is 3. The Morgan fingerprint density at radius 2 is 2.22 bits per heavy atom. The van der Waals surface area contributed by atoms with Crippen LogP contribution in [0.15, 0.2) is 47.1 Å². The standard InChI is InChI=1S/C19H21NO3/c1-22-14-6-2-5-13(11-14)17-7-3-9-20(17)19(21)16-12-15(16)18-8-4-10-23-18/h2,4-6,8,10-11,15-17H,3,7,9,12H2,1H3.